The Kier molecular flexibility index (Phi) is 6.99. The van der Waals surface area contributed by atoms with Gasteiger partial charge in [-0.3, -0.25) is 9.88 Å². The van der Waals surface area contributed by atoms with Crippen molar-refractivity contribution < 1.29 is 29.5 Å². The van der Waals surface area contributed by atoms with Crippen molar-refractivity contribution in [1.82, 2.24) is 24.8 Å². The van der Waals surface area contributed by atoms with Gasteiger partial charge in [0.25, 0.3) is 0 Å². The Morgan fingerprint density at radius 1 is 1.18 bits per heavy atom. The molecular weight excluding hydrogens is 452 g/mol. The highest BCUT2D eigenvalue weighted by Crippen LogP contribution is 2.33. The number of rotatable bonds is 8. The van der Waals surface area contributed by atoms with E-state index in [4.69, 9.17) is 14.2 Å². The van der Waals surface area contributed by atoms with Gasteiger partial charge in [0, 0.05) is 12.6 Å². The summed E-state index contributed by atoms with van der Waals surface area (Å²) in [7, 11) is 0. The zero-order chi connectivity index (χ0) is 22.9. The summed E-state index contributed by atoms with van der Waals surface area (Å²) < 4.78 is 18.6. The minimum atomic E-state index is -1.20. The maximum absolute atomic E-state index is 10.7. The maximum atomic E-state index is 10.7. The lowest BCUT2D eigenvalue weighted by Crippen LogP contribution is -2.43. The molecule has 5 unspecified atom stereocenters. The monoisotopic (exact) mass is 482 g/mol. The third kappa shape index (κ3) is 4.82. The first kappa shape index (κ1) is 23.2. The number of hydrogen-bond donors (Lipinski definition) is 6. The minimum Gasteiger partial charge on any atom is -0.392 e. The lowest BCUT2D eigenvalue weighted by molar-refractivity contribution is -0.0740. The first-order valence-electron chi connectivity index (χ1n) is 11.3. The Bertz CT molecular complexity index is 945. The van der Waals surface area contributed by atoms with Gasteiger partial charge in [-0.25, -0.2) is 15.0 Å². The third-order valence-corrected chi connectivity index (χ3v) is 6.79. The van der Waals surface area contributed by atoms with Gasteiger partial charge in [-0.1, -0.05) is 0 Å². The number of imidazole rings is 1. The normalized spacial score (nSPS) is 35.5. The fourth-order valence-electron chi connectivity index (χ4n) is 4.63. The van der Waals surface area contributed by atoms with Gasteiger partial charge in [0.2, 0.25) is 0 Å². The van der Waals surface area contributed by atoms with Crippen LogP contribution in [0, 0.1) is 0 Å². The average molecular weight is 483 g/mol. The molecule has 0 spiro atoms. The van der Waals surface area contributed by atoms with Crippen LogP contribution in [0.25, 0.3) is 11.2 Å². The SMILES string of the molecule is OC1CCC[C@H]1NC(S)OCC1OC(n2cnc3c(NC4CCOC4)ncnc32)[C@H](O)[C@@H]1O. The summed E-state index contributed by atoms with van der Waals surface area (Å²) in [6.45, 7) is 1.31. The van der Waals surface area contributed by atoms with Crippen molar-refractivity contribution in [3.63, 3.8) is 0 Å². The zero-order valence-corrected chi connectivity index (χ0v) is 18.9. The van der Waals surface area contributed by atoms with Gasteiger partial charge in [-0.05, 0) is 25.7 Å². The molecular formula is C20H30N6O6S. The van der Waals surface area contributed by atoms with E-state index >= 15 is 0 Å². The van der Waals surface area contributed by atoms with Crippen LogP contribution >= 0.6 is 12.6 Å². The van der Waals surface area contributed by atoms with Crippen LogP contribution in [-0.4, -0.2) is 96.7 Å². The number of ether oxygens (including phenoxy) is 3. The molecule has 33 heavy (non-hydrogen) atoms. The number of fused-ring (bicyclic) bond motifs is 1. The lowest BCUT2D eigenvalue weighted by atomic mass is 10.1. The van der Waals surface area contributed by atoms with E-state index in [0.29, 0.717) is 30.2 Å². The van der Waals surface area contributed by atoms with Crippen molar-refractivity contribution in [2.24, 2.45) is 0 Å². The number of nitrogens with zero attached hydrogens (tertiary/aromatic N) is 4. The molecule has 3 aliphatic rings. The number of aliphatic hydroxyl groups is 3. The Balaban J connectivity index is 1.24. The van der Waals surface area contributed by atoms with Gasteiger partial charge in [-0.15, -0.1) is 12.6 Å². The summed E-state index contributed by atoms with van der Waals surface area (Å²) in [6.07, 6.45) is 1.93. The fraction of sp³-hybridized carbons (Fsp3) is 0.750. The highest BCUT2D eigenvalue weighted by molar-refractivity contribution is 7.80. The van der Waals surface area contributed by atoms with Crippen LogP contribution in [0.3, 0.4) is 0 Å². The van der Waals surface area contributed by atoms with E-state index in [1.807, 2.05) is 0 Å². The van der Waals surface area contributed by atoms with E-state index in [2.05, 4.69) is 38.2 Å². The van der Waals surface area contributed by atoms with Gasteiger partial charge in [0.05, 0.1) is 31.7 Å². The summed E-state index contributed by atoms with van der Waals surface area (Å²) in [5, 5.41) is 37.6. The molecule has 8 atom stereocenters. The number of anilines is 1. The van der Waals surface area contributed by atoms with Crippen LogP contribution in [0.5, 0.6) is 0 Å². The smallest absolute Gasteiger partial charge is 0.167 e. The zero-order valence-electron chi connectivity index (χ0n) is 18.0. The Hall–Kier alpha value is -1.58. The number of thiol groups is 1. The molecule has 1 aliphatic carbocycles. The van der Waals surface area contributed by atoms with Crippen LogP contribution < -0.4 is 10.6 Å². The molecule has 12 nitrogen and oxygen atoms in total. The highest BCUT2D eigenvalue weighted by Gasteiger charge is 2.44. The van der Waals surface area contributed by atoms with Crippen molar-refractivity contribution in [2.75, 3.05) is 25.1 Å². The molecule has 5 rings (SSSR count). The van der Waals surface area contributed by atoms with Gasteiger partial charge < -0.3 is 34.8 Å². The molecule has 0 aromatic carbocycles. The standard InChI is InChI=1S/C20H30N6O6S/c27-12-3-1-2-11(12)25-20(33)31-7-13-15(28)16(29)19(32-13)26-9-23-14-17(21-8-22-18(14)26)24-10-4-5-30-6-10/h8-13,15-16,19-20,25,27-29,33H,1-7H2,(H,21,22,24)/t10?,11-,12?,13?,15-,16-,19?,20?/m1/s1. The second-order valence-corrected chi connectivity index (χ2v) is 9.22. The average Bonchev–Trinajstić information content (AvgIpc) is 3.59. The summed E-state index contributed by atoms with van der Waals surface area (Å²) in [4.78, 5) is 13.0. The number of hydrogen-bond acceptors (Lipinski definition) is 12. The van der Waals surface area contributed by atoms with Crippen molar-refractivity contribution in [1.29, 1.82) is 0 Å². The first-order valence-corrected chi connectivity index (χ1v) is 11.8. The summed E-state index contributed by atoms with van der Waals surface area (Å²) in [5.74, 6) is 0.584. The van der Waals surface area contributed by atoms with Crippen LogP contribution in [0.1, 0.15) is 31.9 Å². The summed E-state index contributed by atoms with van der Waals surface area (Å²) in [5.41, 5.74) is 0.391. The molecule has 5 N–H and O–H groups in total. The molecule has 2 saturated heterocycles. The van der Waals surface area contributed by atoms with Gasteiger partial charge >= 0.3 is 0 Å². The second-order valence-electron chi connectivity index (χ2n) is 8.75. The lowest BCUT2D eigenvalue weighted by Gasteiger charge is -2.23. The van der Waals surface area contributed by atoms with E-state index in [0.717, 1.165) is 25.7 Å². The van der Waals surface area contributed by atoms with E-state index in [-0.39, 0.29) is 18.7 Å². The van der Waals surface area contributed by atoms with Gasteiger partial charge in [0.15, 0.2) is 28.8 Å². The quantitative estimate of drug-likeness (QED) is 0.211. The number of aliphatic hydroxyl groups excluding tert-OH is 3. The summed E-state index contributed by atoms with van der Waals surface area (Å²) in [6, 6.07) is 0.0777. The predicted octanol–water partition coefficient (Wildman–Crippen LogP) is -0.621. The first-order chi connectivity index (χ1) is 16.0. The van der Waals surface area contributed by atoms with Crippen LogP contribution in [0.2, 0.25) is 0 Å². The van der Waals surface area contributed by atoms with Crippen LogP contribution in [0.4, 0.5) is 5.82 Å². The molecule has 1 saturated carbocycles. The minimum absolute atomic E-state index is 0.00874. The molecule has 182 valence electrons. The maximum Gasteiger partial charge on any atom is 0.167 e. The van der Waals surface area contributed by atoms with Gasteiger partial charge in [0.1, 0.15) is 24.6 Å². The Morgan fingerprint density at radius 3 is 2.82 bits per heavy atom. The highest BCUT2D eigenvalue weighted by atomic mass is 32.1. The third-order valence-electron chi connectivity index (χ3n) is 6.50. The van der Waals surface area contributed by atoms with Crippen LogP contribution in [-0.2, 0) is 14.2 Å². The topological polar surface area (TPSA) is 156 Å². The van der Waals surface area contributed by atoms with E-state index in [1.54, 1.807) is 4.57 Å². The molecule has 2 aromatic heterocycles. The van der Waals surface area contributed by atoms with Crippen molar-refractivity contribution in [3.05, 3.63) is 12.7 Å². The second kappa shape index (κ2) is 9.96. The molecule has 3 fully saturated rings. The molecule has 0 bridgehead atoms. The molecule has 13 heteroatoms. The van der Waals surface area contributed by atoms with Crippen molar-refractivity contribution in [3.8, 4) is 0 Å². The fourth-order valence-corrected chi connectivity index (χ4v) is 4.91. The predicted molar refractivity (Wildman–Crippen MR) is 120 cm³/mol. The Morgan fingerprint density at radius 2 is 2.06 bits per heavy atom. The molecule has 4 heterocycles. The van der Waals surface area contributed by atoms with E-state index in [1.165, 1.54) is 12.7 Å². The van der Waals surface area contributed by atoms with E-state index < -0.39 is 36.2 Å². The summed E-state index contributed by atoms with van der Waals surface area (Å²) >= 11 is 4.37. The number of aromatic nitrogens is 4. The van der Waals surface area contributed by atoms with Crippen molar-refractivity contribution in [2.45, 2.75) is 74.0 Å². The molecule has 2 aromatic rings. The molecule has 2 aliphatic heterocycles. The van der Waals surface area contributed by atoms with Gasteiger partial charge in [-0.2, -0.15) is 0 Å². The van der Waals surface area contributed by atoms with Crippen molar-refractivity contribution >= 4 is 29.6 Å². The number of nitrogens with one attached hydrogen (secondary N) is 2. The van der Waals surface area contributed by atoms with E-state index in [9.17, 15) is 15.3 Å². The van der Waals surface area contributed by atoms with Crippen LogP contribution in [0.15, 0.2) is 12.7 Å². The Labute approximate surface area is 196 Å². The largest absolute Gasteiger partial charge is 0.392 e. The molecule has 0 amide bonds. The molecule has 0 radical (unpaired) electrons.